The summed E-state index contributed by atoms with van der Waals surface area (Å²) < 4.78 is 0. The van der Waals surface area contributed by atoms with Crippen LogP contribution in [0.5, 0.6) is 0 Å². The molecule has 1 fully saturated rings. The summed E-state index contributed by atoms with van der Waals surface area (Å²) in [6.07, 6.45) is 9.74. The molecule has 0 bridgehead atoms. The monoisotopic (exact) mass is 241 g/mol. The third-order valence-electron chi connectivity index (χ3n) is 4.00. The van der Waals surface area contributed by atoms with Gasteiger partial charge in [-0.3, -0.25) is 4.79 Å². The zero-order valence-electron chi connectivity index (χ0n) is 10.6. The molecule has 0 radical (unpaired) electrons. The first kappa shape index (κ1) is 14.0. The van der Waals surface area contributed by atoms with Gasteiger partial charge in [0.1, 0.15) is 0 Å². The molecule has 1 N–H and O–H groups in total. The number of carbonyl (C=O) groups excluding carboxylic acids is 1. The van der Waals surface area contributed by atoms with Crippen molar-refractivity contribution in [3.8, 4) is 0 Å². The minimum atomic E-state index is -1.02. The highest BCUT2D eigenvalue weighted by Gasteiger charge is 2.65. The van der Waals surface area contributed by atoms with Gasteiger partial charge in [0.05, 0.1) is 16.4 Å². The van der Waals surface area contributed by atoms with Crippen molar-refractivity contribution >= 4 is 5.91 Å². The Morgan fingerprint density at radius 3 is 1.50 bits per heavy atom. The zero-order chi connectivity index (χ0) is 14.0. The van der Waals surface area contributed by atoms with Crippen molar-refractivity contribution in [2.75, 3.05) is 0 Å². The average molecular weight is 241 g/mol. The van der Waals surface area contributed by atoms with Crippen molar-refractivity contribution in [1.29, 1.82) is 0 Å². The van der Waals surface area contributed by atoms with E-state index in [1.807, 2.05) is 0 Å². The molecule has 0 aromatic heterocycles. The normalized spacial score (nSPS) is 22.3. The van der Waals surface area contributed by atoms with Crippen molar-refractivity contribution in [1.82, 2.24) is 5.32 Å². The maximum atomic E-state index is 12.4. The third-order valence-corrected chi connectivity index (χ3v) is 4.00. The molecule has 1 rings (SSSR count). The van der Waals surface area contributed by atoms with Crippen LogP contribution in [0.3, 0.4) is 0 Å². The van der Waals surface area contributed by atoms with Crippen LogP contribution < -0.4 is 5.32 Å². The Labute approximate surface area is 109 Å². The van der Waals surface area contributed by atoms with Gasteiger partial charge in [0.25, 0.3) is 0 Å². The van der Waals surface area contributed by atoms with Crippen LogP contribution in [0.2, 0.25) is 0 Å². The Balaban J connectivity index is 3.82. The molecule has 0 spiro atoms. The van der Waals surface area contributed by atoms with Gasteiger partial charge in [-0.2, -0.15) is 0 Å². The molecule has 1 aliphatic heterocycles. The van der Waals surface area contributed by atoms with Gasteiger partial charge in [-0.05, 0) is 0 Å². The van der Waals surface area contributed by atoms with Gasteiger partial charge in [0.15, 0.2) is 0 Å². The first-order chi connectivity index (χ1) is 8.49. The van der Waals surface area contributed by atoms with Gasteiger partial charge in [-0.25, -0.2) is 0 Å². The van der Waals surface area contributed by atoms with Crippen LogP contribution in [0.1, 0.15) is 0 Å². The Morgan fingerprint density at radius 1 is 0.778 bits per heavy atom. The fourth-order valence-electron chi connectivity index (χ4n) is 2.81. The molecule has 0 unspecified atom stereocenters. The molecule has 94 valence electrons. The largest absolute Gasteiger partial charge is 0.341 e. The summed E-state index contributed by atoms with van der Waals surface area (Å²) in [4.78, 5) is 12.4. The molecule has 0 aromatic carbocycles. The molecule has 18 heavy (non-hydrogen) atoms. The number of carbonyl (C=O) groups is 1. The molecule has 0 atom stereocenters. The van der Waals surface area contributed by atoms with Crippen molar-refractivity contribution < 1.29 is 4.79 Å². The fraction of sp³-hybridized carbons (Fsp3) is 0.188. The van der Waals surface area contributed by atoms with Crippen LogP contribution in [0.25, 0.3) is 0 Å². The maximum absolute atomic E-state index is 12.4. The van der Waals surface area contributed by atoms with Gasteiger partial charge in [-0.1, -0.05) is 36.5 Å². The first-order valence-electron chi connectivity index (χ1n) is 5.64. The summed E-state index contributed by atoms with van der Waals surface area (Å²) in [6.45, 7) is 22.8. The lowest BCUT2D eigenvalue weighted by molar-refractivity contribution is -0.124. The SMILES string of the molecule is C=CC1(C=C)NC(=O)C(C=C)(C=C)C1(C=C)C=C. The van der Waals surface area contributed by atoms with Gasteiger partial charge in [0.2, 0.25) is 5.91 Å². The fourth-order valence-corrected chi connectivity index (χ4v) is 2.81. The Morgan fingerprint density at radius 2 is 1.22 bits per heavy atom. The molecule has 1 saturated heterocycles. The number of rotatable bonds is 6. The van der Waals surface area contributed by atoms with Crippen LogP contribution in [0.15, 0.2) is 75.9 Å². The van der Waals surface area contributed by atoms with E-state index in [-0.39, 0.29) is 5.91 Å². The third kappa shape index (κ3) is 1.15. The number of hydrogen-bond acceptors (Lipinski definition) is 1. The van der Waals surface area contributed by atoms with E-state index in [4.69, 9.17) is 0 Å². The summed E-state index contributed by atoms with van der Waals surface area (Å²) in [6, 6.07) is 0. The zero-order valence-corrected chi connectivity index (χ0v) is 10.6. The molecule has 0 aliphatic carbocycles. The van der Waals surface area contributed by atoms with E-state index in [0.717, 1.165) is 0 Å². The molecule has 1 heterocycles. The van der Waals surface area contributed by atoms with Crippen molar-refractivity contribution in [3.63, 3.8) is 0 Å². The lowest BCUT2D eigenvalue weighted by Gasteiger charge is -2.43. The van der Waals surface area contributed by atoms with Crippen molar-refractivity contribution in [2.45, 2.75) is 5.54 Å². The predicted octanol–water partition coefficient (Wildman–Crippen LogP) is 2.94. The molecule has 0 saturated carbocycles. The number of nitrogens with one attached hydrogen (secondary N) is 1. The standard InChI is InChI=1S/C16H19NO/c1-7-14(8-2)13(18)17-16(11-5,12-6)15(14,9-3)10-4/h7-12H,1-6H2,(H,17,18). The highest BCUT2D eigenvalue weighted by atomic mass is 16.2. The smallest absolute Gasteiger partial charge is 0.236 e. The topological polar surface area (TPSA) is 29.1 Å². The lowest BCUT2D eigenvalue weighted by Crippen LogP contribution is -2.49. The van der Waals surface area contributed by atoms with Crippen LogP contribution in [-0.4, -0.2) is 11.4 Å². The second-order valence-corrected chi connectivity index (χ2v) is 4.29. The Kier molecular flexibility index (Phi) is 3.34. The molecule has 1 amide bonds. The second-order valence-electron chi connectivity index (χ2n) is 4.29. The summed E-state index contributed by atoms with van der Waals surface area (Å²) >= 11 is 0. The van der Waals surface area contributed by atoms with E-state index in [9.17, 15) is 4.79 Å². The van der Waals surface area contributed by atoms with Gasteiger partial charge >= 0.3 is 0 Å². The van der Waals surface area contributed by atoms with Crippen LogP contribution >= 0.6 is 0 Å². The molecule has 2 nitrogen and oxygen atoms in total. The molecule has 1 aliphatic rings. The Bertz CT molecular complexity index is 432. The molecule has 2 heteroatoms. The molecule has 0 aromatic rings. The minimum absolute atomic E-state index is 0.216. The molecular formula is C16H19NO. The predicted molar refractivity (Wildman–Crippen MR) is 76.9 cm³/mol. The maximum Gasteiger partial charge on any atom is 0.236 e. The van der Waals surface area contributed by atoms with Gasteiger partial charge in [-0.15, -0.1) is 39.5 Å². The van der Waals surface area contributed by atoms with E-state index < -0.39 is 16.4 Å². The average Bonchev–Trinajstić information content (AvgIpc) is 2.64. The van der Waals surface area contributed by atoms with E-state index in [0.29, 0.717) is 0 Å². The van der Waals surface area contributed by atoms with E-state index >= 15 is 0 Å². The van der Waals surface area contributed by atoms with Crippen LogP contribution in [0, 0.1) is 10.8 Å². The second kappa shape index (κ2) is 4.30. The van der Waals surface area contributed by atoms with Crippen molar-refractivity contribution in [3.05, 3.63) is 75.9 Å². The molecular weight excluding hydrogens is 222 g/mol. The van der Waals surface area contributed by atoms with Crippen LogP contribution in [0.4, 0.5) is 0 Å². The summed E-state index contributed by atoms with van der Waals surface area (Å²) in [7, 11) is 0. The quantitative estimate of drug-likeness (QED) is 0.712. The Hall–Kier alpha value is -2.09. The van der Waals surface area contributed by atoms with E-state index in [1.165, 1.54) is 0 Å². The minimum Gasteiger partial charge on any atom is -0.341 e. The highest BCUT2D eigenvalue weighted by molar-refractivity contribution is 5.94. The van der Waals surface area contributed by atoms with Gasteiger partial charge in [0, 0.05) is 0 Å². The van der Waals surface area contributed by atoms with Gasteiger partial charge < -0.3 is 5.32 Å². The summed E-state index contributed by atoms with van der Waals surface area (Å²) in [5.41, 5.74) is -2.70. The van der Waals surface area contributed by atoms with E-state index in [1.54, 1.807) is 36.5 Å². The number of hydrogen-bond donors (Lipinski definition) is 1. The lowest BCUT2D eigenvalue weighted by atomic mass is 9.57. The number of amides is 1. The first-order valence-corrected chi connectivity index (χ1v) is 5.64. The van der Waals surface area contributed by atoms with Crippen molar-refractivity contribution in [2.24, 2.45) is 10.8 Å². The highest BCUT2D eigenvalue weighted by Crippen LogP contribution is 2.56. The van der Waals surface area contributed by atoms with Crippen LogP contribution in [-0.2, 0) is 4.79 Å². The summed E-state index contributed by atoms with van der Waals surface area (Å²) in [5, 5.41) is 2.89. The van der Waals surface area contributed by atoms with E-state index in [2.05, 4.69) is 44.8 Å². The summed E-state index contributed by atoms with van der Waals surface area (Å²) in [5.74, 6) is -0.216.